The standard InChI is InChI=1S/C15H16N4O2/c1-2-3-9-18-10-16-13-12(18)14(20)19(15(21)17-13)11-7-5-4-6-8-11/h4-8,10H,2-3,9H2,1H3,(H,17,21). The van der Waals surface area contributed by atoms with Crippen LogP contribution in [0.4, 0.5) is 0 Å². The summed E-state index contributed by atoms with van der Waals surface area (Å²) in [6, 6.07) is 8.89. The Hall–Kier alpha value is -2.63. The van der Waals surface area contributed by atoms with Gasteiger partial charge >= 0.3 is 5.69 Å². The lowest BCUT2D eigenvalue weighted by Crippen LogP contribution is -2.34. The second-order valence-corrected chi connectivity index (χ2v) is 4.89. The fourth-order valence-electron chi connectivity index (χ4n) is 2.36. The van der Waals surface area contributed by atoms with E-state index in [0.717, 1.165) is 17.4 Å². The van der Waals surface area contributed by atoms with Crippen molar-refractivity contribution >= 4 is 11.2 Å². The summed E-state index contributed by atoms with van der Waals surface area (Å²) >= 11 is 0. The number of imidazole rings is 1. The van der Waals surface area contributed by atoms with Crippen molar-refractivity contribution < 1.29 is 0 Å². The molecule has 0 radical (unpaired) electrons. The maximum absolute atomic E-state index is 12.7. The highest BCUT2D eigenvalue weighted by Gasteiger charge is 2.13. The summed E-state index contributed by atoms with van der Waals surface area (Å²) in [6.45, 7) is 2.80. The monoisotopic (exact) mass is 284 g/mol. The van der Waals surface area contributed by atoms with Crippen LogP contribution in [-0.2, 0) is 6.54 Å². The van der Waals surface area contributed by atoms with Gasteiger partial charge in [-0.3, -0.25) is 9.78 Å². The third kappa shape index (κ3) is 2.29. The Morgan fingerprint density at radius 2 is 1.95 bits per heavy atom. The Morgan fingerprint density at radius 1 is 1.19 bits per heavy atom. The number of nitrogens with zero attached hydrogens (tertiary/aromatic N) is 3. The van der Waals surface area contributed by atoms with Crippen LogP contribution in [0.3, 0.4) is 0 Å². The van der Waals surface area contributed by atoms with E-state index in [9.17, 15) is 9.59 Å². The molecule has 21 heavy (non-hydrogen) atoms. The molecule has 0 aliphatic carbocycles. The molecule has 0 unspecified atom stereocenters. The number of para-hydroxylation sites is 1. The van der Waals surface area contributed by atoms with E-state index in [1.807, 2.05) is 6.07 Å². The number of unbranched alkanes of at least 4 members (excludes halogenated alkanes) is 1. The normalized spacial score (nSPS) is 11.1. The lowest BCUT2D eigenvalue weighted by Gasteiger charge is -2.06. The van der Waals surface area contributed by atoms with Crippen molar-refractivity contribution in [2.45, 2.75) is 26.3 Å². The Kier molecular flexibility index (Phi) is 3.43. The van der Waals surface area contributed by atoms with Gasteiger partial charge in [0.05, 0.1) is 12.0 Å². The summed E-state index contributed by atoms with van der Waals surface area (Å²) in [5.41, 5.74) is 0.516. The van der Waals surface area contributed by atoms with E-state index < -0.39 is 5.69 Å². The second-order valence-electron chi connectivity index (χ2n) is 4.89. The van der Waals surface area contributed by atoms with Crippen molar-refractivity contribution in [1.29, 1.82) is 0 Å². The molecular formula is C15H16N4O2. The van der Waals surface area contributed by atoms with Gasteiger partial charge in [-0.1, -0.05) is 31.5 Å². The minimum Gasteiger partial charge on any atom is -0.325 e. The smallest absolute Gasteiger partial charge is 0.325 e. The lowest BCUT2D eigenvalue weighted by molar-refractivity contribution is 0.642. The highest BCUT2D eigenvalue weighted by atomic mass is 16.2. The molecule has 1 aromatic carbocycles. The Balaban J connectivity index is 2.27. The van der Waals surface area contributed by atoms with E-state index in [2.05, 4.69) is 16.9 Å². The number of benzene rings is 1. The third-order valence-electron chi connectivity index (χ3n) is 3.44. The van der Waals surface area contributed by atoms with E-state index in [4.69, 9.17) is 0 Å². The number of aromatic nitrogens is 4. The number of nitrogens with one attached hydrogen (secondary N) is 1. The lowest BCUT2D eigenvalue weighted by atomic mass is 10.3. The molecule has 0 saturated carbocycles. The predicted molar refractivity (Wildman–Crippen MR) is 80.9 cm³/mol. The Bertz CT molecular complexity index is 874. The van der Waals surface area contributed by atoms with Crippen LogP contribution in [0.25, 0.3) is 16.9 Å². The quantitative estimate of drug-likeness (QED) is 0.792. The van der Waals surface area contributed by atoms with Crippen LogP contribution in [0.15, 0.2) is 46.2 Å². The van der Waals surface area contributed by atoms with Gasteiger partial charge in [0.15, 0.2) is 11.2 Å². The average Bonchev–Trinajstić information content (AvgIpc) is 2.89. The van der Waals surface area contributed by atoms with Crippen LogP contribution in [0, 0.1) is 0 Å². The highest BCUT2D eigenvalue weighted by Crippen LogP contribution is 2.07. The maximum Gasteiger partial charge on any atom is 0.334 e. The maximum atomic E-state index is 12.7. The van der Waals surface area contributed by atoms with Crippen LogP contribution in [0.1, 0.15) is 19.8 Å². The van der Waals surface area contributed by atoms with Gasteiger partial charge in [0.25, 0.3) is 5.56 Å². The summed E-state index contributed by atoms with van der Waals surface area (Å²) in [5.74, 6) is 0. The van der Waals surface area contributed by atoms with Gasteiger partial charge in [0, 0.05) is 6.54 Å². The van der Waals surface area contributed by atoms with Gasteiger partial charge < -0.3 is 4.57 Å². The molecule has 0 amide bonds. The van der Waals surface area contributed by atoms with E-state index in [-0.39, 0.29) is 5.56 Å². The molecule has 0 fully saturated rings. The van der Waals surface area contributed by atoms with Gasteiger partial charge in [-0.15, -0.1) is 0 Å². The third-order valence-corrected chi connectivity index (χ3v) is 3.44. The van der Waals surface area contributed by atoms with E-state index in [1.54, 1.807) is 35.2 Å². The number of H-pyrrole nitrogens is 1. The zero-order valence-electron chi connectivity index (χ0n) is 11.7. The van der Waals surface area contributed by atoms with E-state index in [0.29, 0.717) is 23.4 Å². The van der Waals surface area contributed by atoms with Crippen molar-refractivity contribution in [3.63, 3.8) is 0 Å². The molecule has 0 atom stereocenters. The summed E-state index contributed by atoms with van der Waals surface area (Å²) in [4.78, 5) is 31.6. The topological polar surface area (TPSA) is 72.7 Å². The first-order chi connectivity index (χ1) is 10.2. The van der Waals surface area contributed by atoms with Crippen molar-refractivity contribution in [2.75, 3.05) is 0 Å². The second kappa shape index (κ2) is 5.40. The van der Waals surface area contributed by atoms with Crippen LogP contribution in [0.2, 0.25) is 0 Å². The molecule has 0 spiro atoms. The molecule has 2 aromatic heterocycles. The van der Waals surface area contributed by atoms with Crippen molar-refractivity contribution in [3.8, 4) is 5.69 Å². The SMILES string of the molecule is CCCCn1cnc2[nH]c(=O)n(-c3ccccc3)c(=O)c21. The molecule has 0 saturated heterocycles. The van der Waals surface area contributed by atoms with E-state index >= 15 is 0 Å². The van der Waals surface area contributed by atoms with Crippen molar-refractivity contribution in [1.82, 2.24) is 19.1 Å². The van der Waals surface area contributed by atoms with Gasteiger partial charge in [-0.25, -0.2) is 14.3 Å². The molecule has 6 heteroatoms. The van der Waals surface area contributed by atoms with Gasteiger partial charge in [0.1, 0.15) is 0 Å². The Labute approximate surface area is 120 Å². The van der Waals surface area contributed by atoms with Crippen LogP contribution in [-0.4, -0.2) is 19.1 Å². The largest absolute Gasteiger partial charge is 0.334 e. The van der Waals surface area contributed by atoms with Gasteiger partial charge in [-0.2, -0.15) is 0 Å². The fraction of sp³-hybridized carbons (Fsp3) is 0.267. The zero-order valence-corrected chi connectivity index (χ0v) is 11.7. The zero-order chi connectivity index (χ0) is 14.8. The van der Waals surface area contributed by atoms with Gasteiger partial charge in [0.2, 0.25) is 0 Å². The first-order valence-electron chi connectivity index (χ1n) is 6.98. The minimum atomic E-state index is -0.473. The first-order valence-corrected chi connectivity index (χ1v) is 6.98. The number of rotatable bonds is 4. The Morgan fingerprint density at radius 3 is 2.67 bits per heavy atom. The molecule has 3 rings (SSSR count). The number of hydrogen-bond donors (Lipinski definition) is 1. The minimum absolute atomic E-state index is 0.339. The summed E-state index contributed by atoms with van der Waals surface area (Å²) in [5, 5.41) is 0. The molecule has 3 aromatic rings. The molecule has 0 bridgehead atoms. The summed E-state index contributed by atoms with van der Waals surface area (Å²) in [6.07, 6.45) is 3.58. The van der Waals surface area contributed by atoms with Crippen LogP contribution < -0.4 is 11.2 Å². The number of fused-ring (bicyclic) bond motifs is 1. The molecule has 6 nitrogen and oxygen atoms in total. The van der Waals surface area contributed by atoms with Gasteiger partial charge in [-0.05, 0) is 18.6 Å². The summed E-state index contributed by atoms with van der Waals surface area (Å²) in [7, 11) is 0. The highest BCUT2D eigenvalue weighted by molar-refractivity contribution is 5.69. The molecule has 0 aliphatic rings. The molecule has 108 valence electrons. The molecule has 1 N–H and O–H groups in total. The number of hydrogen-bond acceptors (Lipinski definition) is 3. The number of aryl methyl sites for hydroxylation is 1. The molecular weight excluding hydrogens is 268 g/mol. The fourth-order valence-corrected chi connectivity index (χ4v) is 2.36. The van der Waals surface area contributed by atoms with Crippen molar-refractivity contribution in [3.05, 3.63) is 57.5 Å². The summed E-state index contributed by atoms with van der Waals surface area (Å²) < 4.78 is 2.95. The first kappa shape index (κ1) is 13.4. The van der Waals surface area contributed by atoms with Crippen molar-refractivity contribution in [2.24, 2.45) is 0 Å². The number of aromatic amines is 1. The van der Waals surface area contributed by atoms with Crippen LogP contribution in [0.5, 0.6) is 0 Å². The predicted octanol–water partition coefficient (Wildman–Crippen LogP) is 1.68. The van der Waals surface area contributed by atoms with E-state index in [1.165, 1.54) is 0 Å². The van der Waals surface area contributed by atoms with Crippen LogP contribution >= 0.6 is 0 Å². The molecule has 0 aliphatic heterocycles. The molecule has 2 heterocycles. The average molecular weight is 284 g/mol.